The molecule has 0 aromatic carbocycles. The molecule has 0 aliphatic heterocycles. The van der Waals surface area contributed by atoms with Crippen LogP contribution in [-0.2, 0) is 0 Å². The number of hydrogen-bond acceptors (Lipinski definition) is 5. The highest BCUT2D eigenvalue weighted by molar-refractivity contribution is 7.99. The lowest BCUT2D eigenvalue weighted by Gasteiger charge is -1.96. The fourth-order valence-corrected chi connectivity index (χ4v) is 2.92. The van der Waals surface area contributed by atoms with Crippen molar-refractivity contribution in [3.05, 3.63) is 10.7 Å². The van der Waals surface area contributed by atoms with Crippen LogP contribution in [0.2, 0.25) is 5.28 Å². The second-order valence-corrected chi connectivity index (χ2v) is 4.43. The van der Waals surface area contributed by atoms with Crippen LogP contribution < -0.4 is 5.73 Å². The molecule has 13 heavy (non-hydrogen) atoms. The Kier molecular flexibility index (Phi) is 2.31. The van der Waals surface area contributed by atoms with E-state index < -0.39 is 0 Å². The topological polar surface area (TPSA) is 51.8 Å². The summed E-state index contributed by atoms with van der Waals surface area (Å²) in [5.41, 5.74) is 6.55. The third-order valence-corrected chi connectivity index (χ3v) is 3.66. The first-order valence-corrected chi connectivity index (χ1v) is 5.95. The molecule has 2 rings (SSSR count). The van der Waals surface area contributed by atoms with Gasteiger partial charge < -0.3 is 5.73 Å². The van der Waals surface area contributed by atoms with Crippen LogP contribution in [0.3, 0.4) is 0 Å². The van der Waals surface area contributed by atoms with E-state index in [1.54, 1.807) is 23.1 Å². The first-order valence-electron chi connectivity index (χ1n) is 3.46. The second-order valence-electron chi connectivity index (χ2n) is 2.36. The van der Waals surface area contributed by atoms with Gasteiger partial charge in [0, 0.05) is 10.3 Å². The number of anilines is 1. The third kappa shape index (κ3) is 1.47. The summed E-state index contributed by atoms with van der Waals surface area (Å²) in [5.74, 6) is 0.459. The highest BCUT2D eigenvalue weighted by atomic mass is 35.5. The van der Waals surface area contributed by atoms with Gasteiger partial charge in [0.25, 0.3) is 0 Å². The minimum absolute atomic E-state index is 0.207. The number of fused-ring (bicyclic) bond motifs is 1. The number of thioether (sulfide) groups is 1. The van der Waals surface area contributed by atoms with Crippen molar-refractivity contribution in [2.75, 3.05) is 12.0 Å². The van der Waals surface area contributed by atoms with Gasteiger partial charge in [-0.1, -0.05) is 0 Å². The van der Waals surface area contributed by atoms with E-state index in [4.69, 9.17) is 17.3 Å². The molecule has 2 N–H and O–H groups in total. The van der Waals surface area contributed by atoms with Crippen LogP contribution in [0.4, 0.5) is 5.82 Å². The number of aromatic nitrogens is 2. The Morgan fingerprint density at radius 3 is 3.00 bits per heavy atom. The van der Waals surface area contributed by atoms with Crippen molar-refractivity contribution in [3.8, 4) is 0 Å². The number of rotatable bonds is 1. The molecule has 2 aromatic heterocycles. The Labute approximate surface area is 88.3 Å². The van der Waals surface area contributed by atoms with Crippen LogP contribution in [0, 0.1) is 0 Å². The molecule has 68 valence electrons. The first-order chi connectivity index (χ1) is 6.22. The van der Waals surface area contributed by atoms with E-state index in [-0.39, 0.29) is 5.28 Å². The molecular weight excluding hydrogens is 226 g/mol. The summed E-state index contributed by atoms with van der Waals surface area (Å²) in [4.78, 5) is 9.11. The average molecular weight is 232 g/mol. The van der Waals surface area contributed by atoms with E-state index in [1.807, 2.05) is 11.6 Å². The standard InChI is InChI=1S/C7H6ClN3S2/c1-12-3-2-13-5-4(3)10-7(8)11-6(5)9/h2H,1H3,(H2,9,10,11). The number of nitrogen functional groups attached to an aromatic ring is 1. The highest BCUT2D eigenvalue weighted by Gasteiger charge is 2.09. The second kappa shape index (κ2) is 3.32. The molecule has 0 aliphatic carbocycles. The minimum Gasteiger partial charge on any atom is -0.382 e. The Balaban J connectivity index is 2.82. The molecule has 6 heteroatoms. The Bertz CT molecular complexity index is 454. The van der Waals surface area contributed by atoms with E-state index in [2.05, 4.69) is 9.97 Å². The summed E-state index contributed by atoms with van der Waals surface area (Å²) < 4.78 is 0.911. The summed E-state index contributed by atoms with van der Waals surface area (Å²) in [7, 11) is 0. The van der Waals surface area contributed by atoms with Crippen molar-refractivity contribution < 1.29 is 0 Å². The van der Waals surface area contributed by atoms with Crippen molar-refractivity contribution in [2.24, 2.45) is 0 Å². The largest absolute Gasteiger partial charge is 0.382 e. The molecule has 0 radical (unpaired) electrons. The number of halogens is 1. The van der Waals surface area contributed by atoms with Gasteiger partial charge in [0.1, 0.15) is 11.3 Å². The number of nitrogens with zero attached hydrogens (tertiary/aromatic N) is 2. The van der Waals surface area contributed by atoms with Gasteiger partial charge in [-0.3, -0.25) is 0 Å². The highest BCUT2D eigenvalue weighted by Crippen LogP contribution is 2.33. The summed E-state index contributed by atoms with van der Waals surface area (Å²) in [6.45, 7) is 0. The van der Waals surface area contributed by atoms with E-state index >= 15 is 0 Å². The molecule has 0 fully saturated rings. The third-order valence-electron chi connectivity index (χ3n) is 1.60. The fraction of sp³-hybridized carbons (Fsp3) is 0.143. The average Bonchev–Trinajstić information content (AvgIpc) is 2.47. The van der Waals surface area contributed by atoms with Crippen LogP contribution in [-0.4, -0.2) is 16.2 Å². The molecule has 3 nitrogen and oxygen atoms in total. The SMILES string of the molecule is CSc1csc2c(N)nc(Cl)nc12. The van der Waals surface area contributed by atoms with Crippen molar-refractivity contribution in [1.29, 1.82) is 0 Å². The van der Waals surface area contributed by atoms with E-state index in [9.17, 15) is 0 Å². The first kappa shape index (κ1) is 9.05. The lowest BCUT2D eigenvalue weighted by molar-refractivity contribution is 1.22. The van der Waals surface area contributed by atoms with Crippen molar-refractivity contribution in [3.63, 3.8) is 0 Å². The van der Waals surface area contributed by atoms with E-state index in [1.165, 1.54) is 0 Å². The molecule has 2 heterocycles. The molecule has 0 aliphatic rings. The zero-order valence-electron chi connectivity index (χ0n) is 6.74. The van der Waals surface area contributed by atoms with Crippen LogP contribution in [0.5, 0.6) is 0 Å². The minimum atomic E-state index is 0.207. The quantitative estimate of drug-likeness (QED) is 0.606. The molecule has 0 unspecified atom stereocenters. The molecule has 0 amide bonds. The van der Waals surface area contributed by atoms with Gasteiger partial charge in [-0.25, -0.2) is 4.98 Å². The van der Waals surface area contributed by atoms with Gasteiger partial charge in [0.05, 0.1) is 4.70 Å². The van der Waals surface area contributed by atoms with Crippen LogP contribution in [0.25, 0.3) is 10.2 Å². The number of thiophene rings is 1. The summed E-state index contributed by atoms with van der Waals surface area (Å²) in [5, 5.41) is 2.22. The van der Waals surface area contributed by atoms with Gasteiger partial charge in [0.2, 0.25) is 5.28 Å². The zero-order valence-corrected chi connectivity index (χ0v) is 9.13. The smallest absolute Gasteiger partial charge is 0.224 e. The lowest BCUT2D eigenvalue weighted by Crippen LogP contribution is -1.92. The zero-order chi connectivity index (χ0) is 9.42. The van der Waals surface area contributed by atoms with Crippen LogP contribution >= 0.6 is 34.7 Å². The van der Waals surface area contributed by atoms with Crippen LogP contribution in [0.1, 0.15) is 0 Å². The van der Waals surface area contributed by atoms with Gasteiger partial charge in [-0.05, 0) is 17.9 Å². The lowest BCUT2D eigenvalue weighted by atomic mass is 10.4. The molecule has 0 saturated heterocycles. The predicted molar refractivity (Wildman–Crippen MR) is 58.6 cm³/mol. The Morgan fingerprint density at radius 1 is 1.54 bits per heavy atom. The summed E-state index contributed by atoms with van der Waals surface area (Å²) in [6.07, 6.45) is 1.99. The molecule has 0 bridgehead atoms. The van der Waals surface area contributed by atoms with Crippen molar-refractivity contribution in [2.45, 2.75) is 4.90 Å². The summed E-state index contributed by atoms with van der Waals surface area (Å²) in [6, 6.07) is 0. The maximum absolute atomic E-state index is 5.70. The van der Waals surface area contributed by atoms with Crippen molar-refractivity contribution >= 4 is 50.7 Å². The van der Waals surface area contributed by atoms with Gasteiger partial charge in [-0.2, -0.15) is 4.98 Å². The number of hydrogen-bond donors (Lipinski definition) is 1. The fourth-order valence-electron chi connectivity index (χ4n) is 1.04. The maximum Gasteiger partial charge on any atom is 0.224 e. The van der Waals surface area contributed by atoms with Crippen LogP contribution in [0.15, 0.2) is 10.3 Å². The molecule has 0 atom stereocenters. The molecule has 0 saturated carbocycles. The maximum atomic E-state index is 5.70. The van der Waals surface area contributed by atoms with Gasteiger partial charge in [-0.15, -0.1) is 23.1 Å². The van der Waals surface area contributed by atoms with Gasteiger partial charge >= 0.3 is 0 Å². The molecule has 0 spiro atoms. The number of nitrogens with two attached hydrogens (primary N) is 1. The predicted octanol–water partition coefficient (Wildman–Crippen LogP) is 2.65. The molecular formula is C7H6ClN3S2. The molecule has 2 aromatic rings. The summed E-state index contributed by atoms with van der Waals surface area (Å²) >= 11 is 8.88. The normalized spacial score (nSPS) is 10.9. The Hall–Kier alpha value is -0.520. The van der Waals surface area contributed by atoms with Crippen molar-refractivity contribution in [1.82, 2.24) is 9.97 Å². The van der Waals surface area contributed by atoms with Gasteiger partial charge in [0.15, 0.2) is 0 Å². The van der Waals surface area contributed by atoms with E-state index in [0.29, 0.717) is 5.82 Å². The Morgan fingerprint density at radius 2 is 2.31 bits per heavy atom. The van der Waals surface area contributed by atoms with E-state index in [0.717, 1.165) is 15.1 Å². The monoisotopic (exact) mass is 231 g/mol.